The van der Waals surface area contributed by atoms with E-state index in [1.807, 2.05) is 4.90 Å². The lowest BCUT2D eigenvalue weighted by atomic mass is 9.93. The van der Waals surface area contributed by atoms with E-state index in [0.29, 0.717) is 5.92 Å². The van der Waals surface area contributed by atoms with Gasteiger partial charge in [-0.1, -0.05) is 12.6 Å². The van der Waals surface area contributed by atoms with Crippen molar-refractivity contribution in [3.8, 4) is 0 Å². The Morgan fingerprint density at radius 3 is 2.97 bits per heavy atom. The zero-order valence-corrected chi connectivity index (χ0v) is 17.5. The fourth-order valence-electron chi connectivity index (χ4n) is 4.22. The molecule has 0 aromatic carbocycles. The normalized spacial score (nSPS) is 18.5. The summed E-state index contributed by atoms with van der Waals surface area (Å²) in [6.45, 7) is 7.87. The number of aliphatic carboxylic acids is 1. The summed E-state index contributed by atoms with van der Waals surface area (Å²) in [4.78, 5) is 18.2. The maximum absolute atomic E-state index is 11.4. The van der Waals surface area contributed by atoms with Gasteiger partial charge in [0.05, 0.1) is 6.61 Å². The second-order valence-corrected chi connectivity index (χ2v) is 8.02. The van der Waals surface area contributed by atoms with Gasteiger partial charge in [0.2, 0.25) is 0 Å². The van der Waals surface area contributed by atoms with E-state index in [-0.39, 0.29) is 6.61 Å². The van der Waals surface area contributed by atoms with Gasteiger partial charge in [0.15, 0.2) is 0 Å². The average molecular weight is 403 g/mol. The number of aromatic nitrogens is 1. The monoisotopic (exact) mass is 402 g/mol. The summed E-state index contributed by atoms with van der Waals surface area (Å²) < 4.78 is 5.06. The molecular weight excluding hydrogens is 368 g/mol. The van der Waals surface area contributed by atoms with Crippen LogP contribution < -0.4 is 10.6 Å². The molecule has 29 heavy (non-hydrogen) atoms. The summed E-state index contributed by atoms with van der Waals surface area (Å²) in [5.41, 5.74) is 3.54. The van der Waals surface area contributed by atoms with E-state index in [1.54, 1.807) is 7.11 Å². The van der Waals surface area contributed by atoms with E-state index in [9.17, 15) is 9.90 Å². The van der Waals surface area contributed by atoms with Crippen molar-refractivity contribution in [2.75, 3.05) is 45.2 Å². The molecule has 0 amide bonds. The van der Waals surface area contributed by atoms with Gasteiger partial charge in [0.25, 0.3) is 0 Å². The van der Waals surface area contributed by atoms with Gasteiger partial charge in [-0.25, -0.2) is 4.98 Å². The molecular formula is C22H34N4O3. The summed E-state index contributed by atoms with van der Waals surface area (Å²) in [6, 6.07) is 3.80. The number of allylic oxidation sites excluding steroid dienone is 1. The lowest BCUT2D eigenvalue weighted by Gasteiger charge is -2.36. The third-order valence-electron chi connectivity index (χ3n) is 5.99. The molecule has 7 heteroatoms. The Morgan fingerprint density at radius 2 is 2.24 bits per heavy atom. The lowest BCUT2D eigenvalue weighted by Crippen LogP contribution is -2.48. The number of methoxy groups -OCH3 is 1. The van der Waals surface area contributed by atoms with Crippen molar-refractivity contribution in [3.05, 3.63) is 35.7 Å². The molecule has 0 radical (unpaired) electrons. The molecule has 1 unspecified atom stereocenters. The number of aryl methyl sites for hydroxylation is 2. The van der Waals surface area contributed by atoms with E-state index in [1.165, 1.54) is 12.0 Å². The highest BCUT2D eigenvalue weighted by Gasteiger charge is 2.30. The smallest absolute Gasteiger partial charge is 0.323 e. The molecule has 3 heterocycles. The van der Waals surface area contributed by atoms with Gasteiger partial charge < -0.3 is 20.5 Å². The topological polar surface area (TPSA) is 86.7 Å². The Kier molecular flexibility index (Phi) is 7.89. The molecule has 3 rings (SSSR count). The first-order valence-electron chi connectivity index (χ1n) is 10.7. The number of ether oxygens (including phenoxy) is 1. The van der Waals surface area contributed by atoms with Crippen molar-refractivity contribution in [3.63, 3.8) is 0 Å². The first-order chi connectivity index (χ1) is 14.1. The number of rotatable bonds is 10. The largest absolute Gasteiger partial charge is 0.480 e. The van der Waals surface area contributed by atoms with Crippen molar-refractivity contribution in [1.29, 1.82) is 0 Å². The van der Waals surface area contributed by atoms with Crippen molar-refractivity contribution >= 4 is 11.8 Å². The van der Waals surface area contributed by atoms with Crippen LogP contribution in [0.15, 0.2) is 24.4 Å². The Labute approximate surface area is 173 Å². The first kappa shape index (κ1) is 21.6. The first-order valence-corrected chi connectivity index (χ1v) is 10.7. The van der Waals surface area contributed by atoms with Crippen LogP contribution in [0, 0.1) is 5.92 Å². The number of hydrogen-bond acceptors (Lipinski definition) is 6. The van der Waals surface area contributed by atoms with Gasteiger partial charge in [-0.3, -0.25) is 9.69 Å². The molecule has 1 fully saturated rings. The van der Waals surface area contributed by atoms with E-state index < -0.39 is 12.0 Å². The molecule has 1 saturated heterocycles. The molecule has 0 saturated carbocycles. The van der Waals surface area contributed by atoms with E-state index in [2.05, 4.69) is 29.3 Å². The van der Waals surface area contributed by atoms with Crippen molar-refractivity contribution in [2.24, 2.45) is 5.92 Å². The number of pyridine rings is 1. The third kappa shape index (κ3) is 5.93. The summed E-state index contributed by atoms with van der Waals surface area (Å²) >= 11 is 0. The summed E-state index contributed by atoms with van der Waals surface area (Å²) in [5, 5.41) is 16.2. The highest BCUT2D eigenvalue weighted by Crippen LogP contribution is 2.24. The van der Waals surface area contributed by atoms with Crippen LogP contribution in [0.3, 0.4) is 0 Å². The molecule has 0 aliphatic carbocycles. The number of nitrogens with one attached hydrogen (secondary N) is 2. The summed E-state index contributed by atoms with van der Waals surface area (Å²) in [6.07, 6.45) is 6.12. The van der Waals surface area contributed by atoms with Gasteiger partial charge in [-0.2, -0.15) is 0 Å². The number of carboxylic acid groups (broad SMARTS) is 1. The van der Waals surface area contributed by atoms with Crippen LogP contribution in [-0.4, -0.2) is 66.9 Å². The molecule has 0 bridgehead atoms. The van der Waals surface area contributed by atoms with Crippen LogP contribution >= 0.6 is 0 Å². The highest BCUT2D eigenvalue weighted by molar-refractivity contribution is 5.73. The van der Waals surface area contributed by atoms with Crippen LogP contribution in [0.4, 0.5) is 5.82 Å². The van der Waals surface area contributed by atoms with Crippen molar-refractivity contribution in [2.45, 2.75) is 44.6 Å². The van der Waals surface area contributed by atoms with Crippen LogP contribution in [-0.2, 0) is 22.4 Å². The van der Waals surface area contributed by atoms with E-state index in [4.69, 9.17) is 9.72 Å². The Hall–Kier alpha value is -2.12. The standard InChI is InChI=1S/C22H34N4O3/c1-16(17-9-13-26(14-10-17)20(15-29-2)22(27)28)23-11-4-6-19-8-7-18-5-3-12-24-21(18)25-19/h7-8,17,20,23H,1,3-6,9-15H2,2H3,(H,24,25)(H,27,28). The molecule has 2 aliphatic heterocycles. The van der Waals surface area contributed by atoms with Crippen LogP contribution in [0.5, 0.6) is 0 Å². The Balaban J connectivity index is 1.37. The van der Waals surface area contributed by atoms with Gasteiger partial charge in [-0.15, -0.1) is 0 Å². The Bertz CT molecular complexity index is 701. The quantitative estimate of drug-likeness (QED) is 0.518. The van der Waals surface area contributed by atoms with Crippen molar-refractivity contribution < 1.29 is 14.6 Å². The fourth-order valence-corrected chi connectivity index (χ4v) is 4.22. The predicted molar refractivity (Wildman–Crippen MR) is 114 cm³/mol. The van der Waals surface area contributed by atoms with Crippen LogP contribution in [0.1, 0.15) is 36.9 Å². The number of piperidine rings is 1. The predicted octanol–water partition coefficient (Wildman–Crippen LogP) is 2.29. The summed E-state index contributed by atoms with van der Waals surface area (Å²) in [7, 11) is 1.55. The van der Waals surface area contributed by atoms with Crippen LogP contribution in [0.25, 0.3) is 0 Å². The number of anilines is 1. The number of nitrogens with zero attached hydrogens (tertiary/aromatic N) is 2. The number of carboxylic acids is 1. The molecule has 1 atom stereocenters. The molecule has 160 valence electrons. The third-order valence-corrected chi connectivity index (χ3v) is 5.99. The lowest BCUT2D eigenvalue weighted by molar-refractivity contribution is -0.146. The molecule has 0 spiro atoms. The SMILES string of the molecule is C=C(NCCCc1ccc2c(n1)NCCC2)C1CCN(C(COC)C(=O)O)CC1. The van der Waals surface area contributed by atoms with E-state index in [0.717, 1.165) is 75.5 Å². The Morgan fingerprint density at radius 1 is 1.45 bits per heavy atom. The fraction of sp³-hybridized carbons (Fsp3) is 0.636. The maximum Gasteiger partial charge on any atom is 0.323 e. The van der Waals surface area contributed by atoms with Gasteiger partial charge in [0.1, 0.15) is 11.9 Å². The molecule has 2 aliphatic rings. The van der Waals surface area contributed by atoms with Crippen molar-refractivity contribution in [1.82, 2.24) is 15.2 Å². The minimum Gasteiger partial charge on any atom is -0.480 e. The zero-order chi connectivity index (χ0) is 20.6. The number of fused-ring (bicyclic) bond motifs is 1. The second kappa shape index (κ2) is 10.6. The highest BCUT2D eigenvalue weighted by atomic mass is 16.5. The molecule has 1 aromatic rings. The van der Waals surface area contributed by atoms with Gasteiger partial charge in [0, 0.05) is 37.5 Å². The van der Waals surface area contributed by atoms with Gasteiger partial charge in [-0.05, 0) is 63.2 Å². The summed E-state index contributed by atoms with van der Waals surface area (Å²) in [5.74, 6) is 0.647. The van der Waals surface area contributed by atoms with Gasteiger partial charge >= 0.3 is 5.97 Å². The van der Waals surface area contributed by atoms with Crippen LogP contribution in [0.2, 0.25) is 0 Å². The number of carbonyl (C=O) groups is 1. The molecule has 1 aromatic heterocycles. The zero-order valence-electron chi connectivity index (χ0n) is 17.5. The average Bonchev–Trinajstić information content (AvgIpc) is 2.74. The minimum absolute atomic E-state index is 0.228. The maximum atomic E-state index is 11.4. The van der Waals surface area contributed by atoms with E-state index >= 15 is 0 Å². The molecule has 3 N–H and O–H groups in total. The number of hydrogen-bond donors (Lipinski definition) is 3. The minimum atomic E-state index is -0.812. The molecule has 7 nitrogen and oxygen atoms in total. The second-order valence-electron chi connectivity index (χ2n) is 8.02. The number of likely N-dealkylation sites (tertiary alicyclic amines) is 1.